The van der Waals surface area contributed by atoms with Gasteiger partial charge in [0.2, 0.25) is 5.91 Å². The second-order valence-electron chi connectivity index (χ2n) is 8.64. The lowest BCUT2D eigenvalue weighted by Crippen LogP contribution is -2.13. The third-order valence-corrected chi connectivity index (χ3v) is 6.29. The Morgan fingerprint density at radius 3 is 2.51 bits per heavy atom. The predicted molar refractivity (Wildman–Crippen MR) is 140 cm³/mol. The van der Waals surface area contributed by atoms with Gasteiger partial charge in [-0.15, -0.1) is 0 Å². The van der Waals surface area contributed by atoms with Gasteiger partial charge in [0.05, 0.1) is 17.9 Å². The molecule has 1 aliphatic rings. The topological polar surface area (TPSA) is 64.6 Å². The molecule has 37 heavy (non-hydrogen) atoms. The lowest BCUT2D eigenvalue weighted by Gasteiger charge is -2.16. The summed E-state index contributed by atoms with van der Waals surface area (Å²) in [5.74, 6) is -1.63. The molecule has 0 heterocycles. The molecule has 1 amide bonds. The number of allylic oxidation sites excluding steroid dienone is 2. The Hall–Kier alpha value is -3.71. The molecule has 4 rings (SSSR count). The van der Waals surface area contributed by atoms with Crippen molar-refractivity contribution in [1.82, 2.24) is 0 Å². The molecule has 0 saturated carbocycles. The first-order valence-electron chi connectivity index (χ1n) is 11.9. The highest BCUT2D eigenvalue weighted by atomic mass is 35.5. The van der Waals surface area contributed by atoms with Crippen LogP contribution < -0.4 is 10.1 Å². The smallest absolute Gasteiger partial charge is 0.340 e. The van der Waals surface area contributed by atoms with Gasteiger partial charge in [0.1, 0.15) is 24.0 Å². The van der Waals surface area contributed by atoms with Crippen LogP contribution in [0.15, 0.2) is 54.6 Å². The van der Waals surface area contributed by atoms with Gasteiger partial charge in [-0.25, -0.2) is 13.6 Å². The number of carbonyl (C=O) groups excluding carboxylic acids is 2. The van der Waals surface area contributed by atoms with Crippen LogP contribution in [0.3, 0.4) is 0 Å². The fourth-order valence-corrected chi connectivity index (χ4v) is 4.60. The second-order valence-corrected chi connectivity index (χ2v) is 9.07. The Morgan fingerprint density at radius 1 is 1.00 bits per heavy atom. The van der Waals surface area contributed by atoms with Crippen molar-refractivity contribution >= 4 is 40.3 Å². The number of anilines is 1. The summed E-state index contributed by atoms with van der Waals surface area (Å²) in [7, 11) is 0. The van der Waals surface area contributed by atoms with Gasteiger partial charge in [0.25, 0.3) is 0 Å². The first-order chi connectivity index (χ1) is 17.8. The van der Waals surface area contributed by atoms with Crippen molar-refractivity contribution < 1.29 is 27.8 Å². The largest absolute Gasteiger partial charge is 0.488 e. The van der Waals surface area contributed by atoms with E-state index in [1.54, 1.807) is 37.3 Å². The van der Waals surface area contributed by atoms with E-state index >= 15 is 0 Å². The number of ether oxygens (including phenoxy) is 2. The normalized spacial score (nSPS) is 13.0. The quantitative estimate of drug-likeness (QED) is 0.311. The molecule has 5 nitrogen and oxygen atoms in total. The Bertz CT molecular complexity index is 1390. The average molecular weight is 526 g/mol. The molecule has 0 radical (unpaired) electrons. The third-order valence-electron chi connectivity index (χ3n) is 6.06. The summed E-state index contributed by atoms with van der Waals surface area (Å²) in [5.41, 5.74) is 4.48. The van der Waals surface area contributed by atoms with Crippen molar-refractivity contribution in [1.29, 1.82) is 0 Å². The summed E-state index contributed by atoms with van der Waals surface area (Å²) in [6.45, 7) is 3.21. The maximum atomic E-state index is 14.2. The molecule has 0 unspecified atom stereocenters. The molecule has 1 aliphatic carbocycles. The van der Waals surface area contributed by atoms with E-state index < -0.39 is 17.6 Å². The molecule has 0 atom stereocenters. The minimum atomic E-state index is -0.679. The third kappa shape index (κ3) is 6.17. The molecule has 3 aromatic rings. The summed E-state index contributed by atoms with van der Waals surface area (Å²) in [6.07, 6.45) is 2.39. The number of esters is 1. The molecule has 0 saturated heterocycles. The monoisotopic (exact) mass is 525 g/mol. The Balaban J connectivity index is 1.73. The van der Waals surface area contributed by atoms with Crippen LogP contribution in [0.4, 0.5) is 14.5 Å². The van der Waals surface area contributed by atoms with Crippen LogP contribution in [0.5, 0.6) is 5.75 Å². The molecule has 0 spiro atoms. The van der Waals surface area contributed by atoms with Crippen LogP contribution in [0.25, 0.3) is 11.1 Å². The molecule has 1 N–H and O–H groups in total. The number of amides is 1. The van der Waals surface area contributed by atoms with Crippen LogP contribution in [-0.2, 0) is 16.1 Å². The van der Waals surface area contributed by atoms with Crippen LogP contribution in [0, 0.1) is 11.6 Å². The maximum absolute atomic E-state index is 14.2. The number of halogens is 3. The molecular formula is C29H26ClF2NO4. The van der Waals surface area contributed by atoms with Gasteiger partial charge >= 0.3 is 5.97 Å². The van der Waals surface area contributed by atoms with Gasteiger partial charge in [0, 0.05) is 29.1 Å². The molecule has 192 valence electrons. The van der Waals surface area contributed by atoms with Crippen LogP contribution in [-0.4, -0.2) is 18.5 Å². The van der Waals surface area contributed by atoms with E-state index in [-0.39, 0.29) is 30.2 Å². The van der Waals surface area contributed by atoms with E-state index in [9.17, 15) is 18.4 Å². The summed E-state index contributed by atoms with van der Waals surface area (Å²) >= 11 is 6.34. The maximum Gasteiger partial charge on any atom is 0.340 e. The Labute approximate surface area is 219 Å². The summed E-state index contributed by atoms with van der Waals surface area (Å²) in [5, 5.41) is 3.20. The zero-order valence-corrected chi connectivity index (χ0v) is 21.3. The highest BCUT2D eigenvalue weighted by Crippen LogP contribution is 2.44. The SMILES string of the molecule is CCOC(=O)c1cc(C2=C(c3cc(Cl)ccc3OCc3ccc(F)cc3F)CCC2)ccc1NC(C)=O. The van der Waals surface area contributed by atoms with E-state index in [1.807, 2.05) is 6.07 Å². The standard InChI is InChI=1S/C29H26ClF2NO4/c1-3-36-29(35)25-13-18(8-11-27(25)33-17(2)34)22-5-4-6-23(22)24-14-20(30)9-12-28(24)37-16-19-7-10-21(31)15-26(19)32/h7-15H,3-6,16H2,1-2H3,(H,33,34). The first kappa shape index (κ1) is 26.4. The van der Waals surface area contributed by atoms with Crippen LogP contribution in [0.1, 0.15) is 60.2 Å². The minimum absolute atomic E-state index is 0.0816. The zero-order chi connectivity index (χ0) is 26.5. The number of nitrogens with one attached hydrogen (secondary N) is 1. The fraction of sp³-hybridized carbons (Fsp3) is 0.241. The highest BCUT2D eigenvalue weighted by molar-refractivity contribution is 6.30. The minimum Gasteiger partial charge on any atom is -0.488 e. The number of benzene rings is 3. The highest BCUT2D eigenvalue weighted by Gasteiger charge is 2.23. The zero-order valence-electron chi connectivity index (χ0n) is 20.5. The van der Waals surface area contributed by atoms with Gasteiger partial charge in [-0.3, -0.25) is 4.79 Å². The lowest BCUT2D eigenvalue weighted by atomic mass is 9.94. The van der Waals surface area contributed by atoms with Crippen molar-refractivity contribution in [2.75, 3.05) is 11.9 Å². The summed E-state index contributed by atoms with van der Waals surface area (Å²) < 4.78 is 38.6. The molecule has 3 aromatic carbocycles. The average Bonchev–Trinajstić information content (AvgIpc) is 3.34. The predicted octanol–water partition coefficient (Wildman–Crippen LogP) is 7.43. The van der Waals surface area contributed by atoms with Gasteiger partial charge < -0.3 is 14.8 Å². The fourth-order valence-electron chi connectivity index (χ4n) is 4.43. The van der Waals surface area contributed by atoms with Crippen molar-refractivity contribution in [2.24, 2.45) is 0 Å². The van der Waals surface area contributed by atoms with E-state index in [2.05, 4.69) is 5.32 Å². The number of rotatable bonds is 8. The summed E-state index contributed by atoms with van der Waals surface area (Å²) in [6, 6.07) is 13.9. The van der Waals surface area contributed by atoms with Crippen LogP contribution in [0.2, 0.25) is 5.02 Å². The van der Waals surface area contributed by atoms with E-state index in [0.29, 0.717) is 16.5 Å². The van der Waals surface area contributed by atoms with Gasteiger partial charge in [-0.2, -0.15) is 0 Å². The lowest BCUT2D eigenvalue weighted by molar-refractivity contribution is -0.114. The number of hydrogen-bond donors (Lipinski definition) is 1. The van der Waals surface area contributed by atoms with Crippen molar-refractivity contribution in [3.63, 3.8) is 0 Å². The van der Waals surface area contributed by atoms with Gasteiger partial charge in [-0.05, 0) is 85.4 Å². The van der Waals surface area contributed by atoms with Crippen molar-refractivity contribution in [2.45, 2.75) is 39.7 Å². The van der Waals surface area contributed by atoms with Crippen molar-refractivity contribution in [3.05, 3.63) is 93.5 Å². The molecular weight excluding hydrogens is 500 g/mol. The Kier molecular flexibility index (Phi) is 8.24. The van der Waals surface area contributed by atoms with E-state index in [4.69, 9.17) is 21.1 Å². The Morgan fingerprint density at radius 2 is 1.78 bits per heavy atom. The van der Waals surface area contributed by atoms with Crippen LogP contribution >= 0.6 is 11.6 Å². The van der Waals surface area contributed by atoms with E-state index in [1.165, 1.54) is 19.1 Å². The summed E-state index contributed by atoms with van der Waals surface area (Å²) in [4.78, 5) is 24.3. The molecule has 0 aliphatic heterocycles. The number of hydrogen-bond acceptors (Lipinski definition) is 4. The number of carbonyl (C=O) groups is 2. The molecule has 0 aromatic heterocycles. The van der Waals surface area contributed by atoms with E-state index in [0.717, 1.165) is 47.6 Å². The second kappa shape index (κ2) is 11.6. The van der Waals surface area contributed by atoms with Gasteiger partial charge in [0.15, 0.2) is 0 Å². The molecule has 0 bridgehead atoms. The van der Waals surface area contributed by atoms with Crippen molar-refractivity contribution in [3.8, 4) is 5.75 Å². The van der Waals surface area contributed by atoms with Gasteiger partial charge in [-0.1, -0.05) is 17.7 Å². The first-order valence-corrected chi connectivity index (χ1v) is 12.3. The molecule has 8 heteroatoms. The molecule has 0 fully saturated rings.